The third kappa shape index (κ3) is 4.99. The Morgan fingerprint density at radius 2 is 1.55 bits per heavy atom. The van der Waals surface area contributed by atoms with Crippen LogP contribution in [0.25, 0.3) is 0 Å². The molecule has 2 unspecified atom stereocenters. The van der Waals surface area contributed by atoms with E-state index in [9.17, 15) is 35.9 Å². The first-order valence-electron chi connectivity index (χ1n) is 10.8. The molecule has 0 bridgehead atoms. The smallest absolute Gasteiger partial charge is 0.416 e. The summed E-state index contributed by atoms with van der Waals surface area (Å²) in [6.07, 6.45) is -8.85. The Hall–Kier alpha value is -3.81. The summed E-state index contributed by atoms with van der Waals surface area (Å²) in [7, 11) is 3.81. The van der Waals surface area contributed by atoms with E-state index < -0.39 is 52.8 Å². The van der Waals surface area contributed by atoms with Crippen LogP contribution in [0.15, 0.2) is 41.9 Å². The average molecular weight is 559 g/mol. The number of nitrogens with one attached hydrogen (secondary N) is 1. The van der Waals surface area contributed by atoms with Gasteiger partial charge < -0.3 is 19.7 Å². The molecular weight excluding hydrogens is 540 g/mol. The predicted molar refractivity (Wildman–Crippen MR) is 124 cm³/mol. The minimum Gasteiger partial charge on any atom is -0.493 e. The van der Waals surface area contributed by atoms with Crippen LogP contribution in [0.3, 0.4) is 0 Å². The molecule has 1 aliphatic heterocycles. The van der Waals surface area contributed by atoms with Gasteiger partial charge in [-0.3, -0.25) is 9.59 Å². The number of aromatic nitrogens is 1. The van der Waals surface area contributed by atoms with Crippen molar-refractivity contribution in [2.45, 2.75) is 24.3 Å². The van der Waals surface area contributed by atoms with Crippen LogP contribution in [0.4, 0.5) is 31.5 Å². The van der Waals surface area contributed by atoms with Crippen molar-refractivity contribution in [1.29, 1.82) is 0 Å². The summed E-state index contributed by atoms with van der Waals surface area (Å²) in [5, 5.41) is 4.25. The van der Waals surface area contributed by atoms with Crippen LogP contribution in [0.5, 0.6) is 11.5 Å². The molecule has 2 aromatic carbocycles. The molecule has 202 valence electrons. The molecule has 4 rings (SSSR count). The van der Waals surface area contributed by atoms with E-state index in [1.54, 1.807) is 5.38 Å². The SMILES string of the molecule is COc1cc2c(cc1OC)C(C(=O)Nc1nccs1)C(c1cc(C(F)(F)F)cc(C(F)(F)F)c1)N(C)C2=O. The molecule has 0 saturated carbocycles. The van der Waals surface area contributed by atoms with Crippen molar-refractivity contribution in [2.24, 2.45) is 0 Å². The van der Waals surface area contributed by atoms with Crippen LogP contribution in [0, 0.1) is 0 Å². The Bertz CT molecular complexity index is 1340. The Labute approximate surface area is 216 Å². The topological polar surface area (TPSA) is 80.8 Å². The van der Waals surface area contributed by atoms with E-state index in [0.717, 1.165) is 16.2 Å². The highest BCUT2D eigenvalue weighted by Gasteiger charge is 2.46. The number of rotatable bonds is 5. The second kappa shape index (κ2) is 9.82. The van der Waals surface area contributed by atoms with Crippen LogP contribution in [-0.2, 0) is 17.1 Å². The van der Waals surface area contributed by atoms with E-state index >= 15 is 0 Å². The lowest BCUT2D eigenvalue weighted by Crippen LogP contribution is -2.44. The zero-order valence-electron chi connectivity index (χ0n) is 19.9. The number of hydrogen-bond acceptors (Lipinski definition) is 6. The molecule has 1 N–H and O–H groups in total. The molecule has 1 aliphatic rings. The number of carbonyl (C=O) groups is 2. The first-order chi connectivity index (χ1) is 17.8. The van der Waals surface area contributed by atoms with E-state index in [0.29, 0.717) is 12.1 Å². The number of ether oxygens (including phenoxy) is 2. The fourth-order valence-corrected chi connectivity index (χ4v) is 4.90. The van der Waals surface area contributed by atoms with Crippen LogP contribution < -0.4 is 14.8 Å². The normalized spacial score (nSPS) is 17.7. The highest BCUT2D eigenvalue weighted by Crippen LogP contribution is 2.48. The molecule has 3 aromatic rings. The van der Waals surface area contributed by atoms with E-state index in [1.165, 1.54) is 39.6 Å². The monoisotopic (exact) mass is 559 g/mol. The number of hydrogen-bond donors (Lipinski definition) is 1. The molecule has 0 spiro atoms. The van der Waals surface area contributed by atoms with E-state index in [-0.39, 0.29) is 33.8 Å². The Kier molecular flexibility index (Phi) is 7.03. The van der Waals surface area contributed by atoms with Gasteiger partial charge in [-0.05, 0) is 41.5 Å². The molecule has 0 aliphatic carbocycles. The summed E-state index contributed by atoms with van der Waals surface area (Å²) in [5.74, 6) is -2.74. The first kappa shape index (κ1) is 27.2. The Morgan fingerprint density at radius 3 is 2.05 bits per heavy atom. The second-order valence-corrected chi connectivity index (χ2v) is 9.19. The number of nitrogens with zero attached hydrogens (tertiary/aromatic N) is 2. The Morgan fingerprint density at radius 1 is 0.974 bits per heavy atom. The predicted octanol–water partition coefficient (Wildman–Crippen LogP) is 5.75. The zero-order valence-corrected chi connectivity index (χ0v) is 20.7. The molecule has 7 nitrogen and oxygen atoms in total. The van der Waals surface area contributed by atoms with Crippen molar-refractivity contribution in [3.8, 4) is 11.5 Å². The van der Waals surface area contributed by atoms with Crippen LogP contribution in [-0.4, -0.2) is 43.0 Å². The van der Waals surface area contributed by atoms with Gasteiger partial charge in [0.25, 0.3) is 5.91 Å². The maximum Gasteiger partial charge on any atom is 0.416 e. The number of thiazole rings is 1. The quantitative estimate of drug-likeness (QED) is 0.403. The number of carbonyl (C=O) groups excluding carboxylic acids is 2. The van der Waals surface area contributed by atoms with Crippen molar-refractivity contribution in [3.63, 3.8) is 0 Å². The second-order valence-electron chi connectivity index (χ2n) is 8.30. The summed E-state index contributed by atoms with van der Waals surface area (Å²) < 4.78 is 92.4. The van der Waals surface area contributed by atoms with Crippen LogP contribution >= 0.6 is 11.3 Å². The highest BCUT2D eigenvalue weighted by molar-refractivity contribution is 7.13. The van der Waals surface area contributed by atoms with Gasteiger partial charge in [0.15, 0.2) is 16.6 Å². The lowest BCUT2D eigenvalue weighted by molar-refractivity contribution is -0.143. The van der Waals surface area contributed by atoms with Gasteiger partial charge in [-0.25, -0.2) is 4.98 Å². The van der Waals surface area contributed by atoms with Crippen molar-refractivity contribution < 1.29 is 45.4 Å². The van der Waals surface area contributed by atoms with Gasteiger partial charge in [0.1, 0.15) is 0 Å². The van der Waals surface area contributed by atoms with Crippen molar-refractivity contribution in [2.75, 3.05) is 26.6 Å². The third-order valence-electron chi connectivity index (χ3n) is 6.07. The molecule has 0 saturated heterocycles. The fourth-order valence-electron chi connectivity index (χ4n) is 4.37. The van der Waals surface area contributed by atoms with Crippen molar-refractivity contribution >= 4 is 28.3 Å². The maximum absolute atomic E-state index is 13.6. The van der Waals surface area contributed by atoms with Gasteiger partial charge in [-0.1, -0.05) is 0 Å². The molecule has 2 heterocycles. The van der Waals surface area contributed by atoms with Gasteiger partial charge in [-0.15, -0.1) is 11.3 Å². The molecule has 38 heavy (non-hydrogen) atoms. The van der Waals surface area contributed by atoms with Crippen LogP contribution in [0.1, 0.15) is 44.6 Å². The van der Waals surface area contributed by atoms with Crippen LogP contribution in [0.2, 0.25) is 0 Å². The molecule has 14 heteroatoms. The molecule has 2 atom stereocenters. The minimum absolute atomic E-state index is 0.0133. The summed E-state index contributed by atoms with van der Waals surface area (Å²) >= 11 is 1.05. The third-order valence-corrected chi connectivity index (χ3v) is 6.76. The van der Waals surface area contributed by atoms with Gasteiger partial charge in [0, 0.05) is 24.2 Å². The lowest BCUT2D eigenvalue weighted by Gasteiger charge is -2.40. The number of fused-ring (bicyclic) bond motifs is 1. The molecule has 1 aromatic heterocycles. The number of alkyl halides is 6. The number of anilines is 1. The lowest BCUT2D eigenvalue weighted by atomic mass is 9.78. The molecule has 2 amide bonds. The minimum atomic E-state index is -5.12. The summed E-state index contributed by atoms with van der Waals surface area (Å²) in [6, 6.07) is 2.09. The Balaban J connectivity index is 1.98. The van der Waals surface area contributed by atoms with Crippen molar-refractivity contribution in [1.82, 2.24) is 9.88 Å². The summed E-state index contributed by atoms with van der Waals surface area (Å²) in [4.78, 5) is 31.8. The highest BCUT2D eigenvalue weighted by atomic mass is 32.1. The number of methoxy groups -OCH3 is 2. The summed E-state index contributed by atoms with van der Waals surface area (Å²) in [6.45, 7) is 0. The zero-order chi connectivity index (χ0) is 28.0. The summed E-state index contributed by atoms with van der Waals surface area (Å²) in [5.41, 5.74) is -3.65. The van der Waals surface area contributed by atoms with Gasteiger partial charge in [0.2, 0.25) is 5.91 Å². The van der Waals surface area contributed by atoms with Crippen molar-refractivity contribution in [3.05, 3.63) is 69.7 Å². The van der Waals surface area contributed by atoms with Gasteiger partial charge in [-0.2, -0.15) is 26.3 Å². The van der Waals surface area contributed by atoms with Gasteiger partial charge >= 0.3 is 12.4 Å². The van der Waals surface area contributed by atoms with E-state index in [2.05, 4.69) is 10.3 Å². The molecular formula is C24H19F6N3O4S. The number of amides is 2. The average Bonchev–Trinajstić information content (AvgIpc) is 3.36. The molecule has 0 fully saturated rings. The fraction of sp³-hybridized carbons (Fsp3) is 0.292. The largest absolute Gasteiger partial charge is 0.493 e. The number of halogens is 6. The number of likely N-dealkylation sites (N-methyl/N-ethyl adjacent to an activating group) is 1. The first-order valence-corrected chi connectivity index (χ1v) is 11.7. The number of benzene rings is 2. The van der Waals surface area contributed by atoms with Gasteiger partial charge in [0.05, 0.1) is 37.3 Å². The van der Waals surface area contributed by atoms with E-state index in [4.69, 9.17) is 9.47 Å². The standard InChI is InChI=1S/C24H19F6N3O4S/c1-33-19(11-6-12(23(25,26)27)8-13(7-11)24(28,29)30)18(20(34)32-22-31-4-5-38-22)14-9-16(36-2)17(37-3)10-15(14)21(33)35/h4-10,18-19H,1-3H3,(H,31,32,34). The van der Waals surface area contributed by atoms with E-state index in [1.807, 2.05) is 0 Å². The molecule has 0 radical (unpaired) electrons. The maximum atomic E-state index is 13.6.